The number of esters is 1. The Balaban J connectivity index is 3.11. The molecule has 0 aliphatic heterocycles. The van der Waals surface area contributed by atoms with Crippen molar-refractivity contribution in [2.75, 3.05) is 7.11 Å². The Morgan fingerprint density at radius 3 is 2.85 bits per heavy atom. The molecule has 3 N–H and O–H groups in total. The number of phenolic OH excluding ortho intramolecular Hbond substituents is 1. The van der Waals surface area contributed by atoms with E-state index in [1.807, 2.05) is 0 Å². The summed E-state index contributed by atoms with van der Waals surface area (Å²) in [7, 11) is 1.26. The van der Waals surface area contributed by atoms with Crippen LogP contribution in [0.25, 0.3) is 0 Å². The van der Waals surface area contributed by atoms with Gasteiger partial charge in [0, 0.05) is 6.54 Å². The number of methoxy groups -OCH3 is 1. The topological polar surface area (TPSA) is 72.5 Å². The largest absolute Gasteiger partial charge is 0.507 e. The van der Waals surface area contributed by atoms with Crippen molar-refractivity contribution in [3.05, 3.63) is 29.3 Å². The maximum absolute atomic E-state index is 11.1. The summed E-state index contributed by atoms with van der Waals surface area (Å²) < 4.78 is 4.48. The van der Waals surface area contributed by atoms with Crippen molar-refractivity contribution >= 4 is 5.97 Å². The number of carbonyl (C=O) groups excluding carboxylic acids is 1. The van der Waals surface area contributed by atoms with Gasteiger partial charge in [-0.05, 0) is 17.7 Å². The molecular weight excluding hydrogens is 170 g/mol. The number of ether oxygens (including phenoxy) is 1. The normalized spacial score (nSPS) is 9.69. The van der Waals surface area contributed by atoms with Gasteiger partial charge in [-0.15, -0.1) is 0 Å². The Hall–Kier alpha value is -1.55. The second-order valence-corrected chi connectivity index (χ2v) is 2.55. The molecule has 0 saturated carbocycles. The smallest absolute Gasteiger partial charge is 0.341 e. The van der Waals surface area contributed by atoms with E-state index in [0.29, 0.717) is 6.54 Å². The SMILES string of the molecule is COC(=O)c1cc(CN)ccc1O. The number of aromatic hydroxyl groups is 1. The van der Waals surface area contributed by atoms with E-state index in [1.54, 1.807) is 6.07 Å². The van der Waals surface area contributed by atoms with E-state index in [4.69, 9.17) is 5.73 Å². The minimum Gasteiger partial charge on any atom is -0.507 e. The molecule has 0 unspecified atom stereocenters. The number of phenols is 1. The fraction of sp³-hybridized carbons (Fsp3) is 0.222. The van der Waals surface area contributed by atoms with Gasteiger partial charge in [-0.1, -0.05) is 6.07 Å². The molecule has 1 aromatic carbocycles. The third-order valence-corrected chi connectivity index (χ3v) is 1.70. The van der Waals surface area contributed by atoms with E-state index < -0.39 is 5.97 Å². The molecular formula is C9H11NO3. The zero-order valence-corrected chi connectivity index (χ0v) is 7.28. The van der Waals surface area contributed by atoms with E-state index in [0.717, 1.165) is 5.56 Å². The second kappa shape index (κ2) is 3.91. The van der Waals surface area contributed by atoms with Gasteiger partial charge in [0.25, 0.3) is 0 Å². The van der Waals surface area contributed by atoms with Crippen LogP contribution in [0.15, 0.2) is 18.2 Å². The fourth-order valence-electron chi connectivity index (χ4n) is 0.984. The highest BCUT2D eigenvalue weighted by Gasteiger charge is 2.11. The average molecular weight is 181 g/mol. The maximum atomic E-state index is 11.1. The Morgan fingerprint density at radius 1 is 1.62 bits per heavy atom. The first-order chi connectivity index (χ1) is 6.19. The predicted molar refractivity (Wildman–Crippen MR) is 47.3 cm³/mol. The minimum absolute atomic E-state index is 0.0935. The van der Waals surface area contributed by atoms with Crippen LogP contribution in [-0.2, 0) is 11.3 Å². The zero-order chi connectivity index (χ0) is 9.84. The molecule has 13 heavy (non-hydrogen) atoms. The molecule has 0 aliphatic carbocycles. The molecule has 0 radical (unpaired) electrons. The molecule has 0 saturated heterocycles. The highest BCUT2D eigenvalue weighted by molar-refractivity contribution is 5.92. The van der Waals surface area contributed by atoms with Crippen molar-refractivity contribution < 1.29 is 14.6 Å². The van der Waals surface area contributed by atoms with Crippen LogP contribution in [0.5, 0.6) is 5.75 Å². The highest BCUT2D eigenvalue weighted by Crippen LogP contribution is 2.18. The summed E-state index contributed by atoms with van der Waals surface area (Å²) in [6.45, 7) is 0.324. The highest BCUT2D eigenvalue weighted by atomic mass is 16.5. The zero-order valence-electron chi connectivity index (χ0n) is 7.28. The van der Waals surface area contributed by atoms with Gasteiger partial charge in [-0.3, -0.25) is 0 Å². The lowest BCUT2D eigenvalue weighted by atomic mass is 10.1. The van der Waals surface area contributed by atoms with Crippen LogP contribution >= 0.6 is 0 Å². The number of carbonyl (C=O) groups is 1. The summed E-state index contributed by atoms with van der Waals surface area (Å²) in [5, 5.41) is 9.29. The number of nitrogens with two attached hydrogens (primary N) is 1. The molecule has 0 aliphatic rings. The Morgan fingerprint density at radius 2 is 2.31 bits per heavy atom. The number of rotatable bonds is 2. The minimum atomic E-state index is -0.562. The molecule has 1 rings (SSSR count). The van der Waals surface area contributed by atoms with E-state index >= 15 is 0 Å². The number of hydrogen-bond acceptors (Lipinski definition) is 4. The van der Waals surface area contributed by atoms with Crippen molar-refractivity contribution in [2.24, 2.45) is 5.73 Å². The number of benzene rings is 1. The second-order valence-electron chi connectivity index (χ2n) is 2.55. The molecule has 0 amide bonds. The van der Waals surface area contributed by atoms with Gasteiger partial charge in [0.05, 0.1) is 7.11 Å². The van der Waals surface area contributed by atoms with Gasteiger partial charge in [-0.2, -0.15) is 0 Å². The third kappa shape index (κ3) is 1.97. The van der Waals surface area contributed by atoms with Gasteiger partial charge in [0.1, 0.15) is 11.3 Å². The summed E-state index contributed by atoms with van der Waals surface area (Å²) in [6, 6.07) is 4.59. The molecule has 0 heterocycles. The summed E-state index contributed by atoms with van der Waals surface area (Å²) in [6.07, 6.45) is 0. The molecule has 0 fully saturated rings. The molecule has 4 heteroatoms. The average Bonchev–Trinajstić information content (AvgIpc) is 2.17. The Bertz CT molecular complexity index is 323. The quantitative estimate of drug-likeness (QED) is 0.656. The van der Waals surface area contributed by atoms with Crippen LogP contribution in [0.1, 0.15) is 15.9 Å². The van der Waals surface area contributed by atoms with Crippen LogP contribution in [0.2, 0.25) is 0 Å². The van der Waals surface area contributed by atoms with Gasteiger partial charge >= 0.3 is 5.97 Å². The molecule has 1 aromatic rings. The van der Waals surface area contributed by atoms with E-state index in [9.17, 15) is 9.90 Å². The van der Waals surface area contributed by atoms with Crippen molar-refractivity contribution in [1.82, 2.24) is 0 Å². The molecule has 4 nitrogen and oxygen atoms in total. The van der Waals surface area contributed by atoms with Crippen molar-refractivity contribution in [3.63, 3.8) is 0 Å². The van der Waals surface area contributed by atoms with E-state index in [-0.39, 0.29) is 11.3 Å². The Kier molecular flexibility index (Phi) is 2.87. The summed E-state index contributed by atoms with van der Waals surface area (Å²) in [4.78, 5) is 11.1. The lowest BCUT2D eigenvalue weighted by Gasteiger charge is -2.04. The van der Waals surface area contributed by atoms with Gasteiger partial charge < -0.3 is 15.6 Å². The van der Waals surface area contributed by atoms with Gasteiger partial charge in [0.15, 0.2) is 0 Å². The van der Waals surface area contributed by atoms with Crippen LogP contribution in [0, 0.1) is 0 Å². The van der Waals surface area contributed by atoms with Crippen LogP contribution in [-0.4, -0.2) is 18.2 Å². The maximum Gasteiger partial charge on any atom is 0.341 e. The molecule has 0 aromatic heterocycles. The van der Waals surface area contributed by atoms with Crippen LogP contribution in [0.3, 0.4) is 0 Å². The fourth-order valence-corrected chi connectivity index (χ4v) is 0.984. The summed E-state index contributed by atoms with van der Waals surface area (Å²) in [5.41, 5.74) is 6.30. The third-order valence-electron chi connectivity index (χ3n) is 1.70. The molecule has 0 atom stereocenters. The lowest BCUT2D eigenvalue weighted by molar-refractivity contribution is 0.0597. The van der Waals surface area contributed by atoms with Gasteiger partial charge in [0.2, 0.25) is 0 Å². The van der Waals surface area contributed by atoms with Crippen molar-refractivity contribution in [2.45, 2.75) is 6.54 Å². The first-order valence-corrected chi connectivity index (χ1v) is 3.79. The van der Waals surface area contributed by atoms with Crippen LogP contribution in [0.4, 0.5) is 0 Å². The number of hydrogen-bond donors (Lipinski definition) is 2. The summed E-state index contributed by atoms with van der Waals surface area (Å²) in [5.74, 6) is -0.656. The monoisotopic (exact) mass is 181 g/mol. The lowest BCUT2D eigenvalue weighted by Crippen LogP contribution is -2.04. The molecule has 0 spiro atoms. The predicted octanol–water partition coefficient (Wildman–Crippen LogP) is 0.638. The standard InChI is InChI=1S/C9H11NO3/c1-13-9(12)7-4-6(5-10)2-3-8(7)11/h2-4,11H,5,10H2,1H3. The van der Waals surface area contributed by atoms with Crippen molar-refractivity contribution in [1.29, 1.82) is 0 Å². The van der Waals surface area contributed by atoms with Crippen LogP contribution < -0.4 is 5.73 Å². The van der Waals surface area contributed by atoms with E-state index in [1.165, 1.54) is 19.2 Å². The first-order valence-electron chi connectivity index (χ1n) is 3.79. The van der Waals surface area contributed by atoms with Crippen molar-refractivity contribution in [3.8, 4) is 5.75 Å². The molecule has 0 bridgehead atoms. The summed E-state index contributed by atoms with van der Waals surface area (Å²) >= 11 is 0. The van der Waals surface area contributed by atoms with E-state index in [2.05, 4.69) is 4.74 Å². The first kappa shape index (κ1) is 9.54. The molecule has 70 valence electrons. The Labute approximate surface area is 75.9 Å². The van der Waals surface area contributed by atoms with Gasteiger partial charge in [-0.25, -0.2) is 4.79 Å².